The molecular formula is C10H13NO4. The van der Waals surface area contributed by atoms with Gasteiger partial charge in [-0.1, -0.05) is 0 Å². The number of carbonyl (C=O) groups excluding carboxylic acids is 1. The summed E-state index contributed by atoms with van der Waals surface area (Å²) in [5.41, 5.74) is 1.27. The second kappa shape index (κ2) is 5.19. The van der Waals surface area contributed by atoms with Crippen LogP contribution < -0.4 is 0 Å². The van der Waals surface area contributed by atoms with Crippen LogP contribution >= 0.6 is 0 Å². The largest absolute Gasteiger partial charge is 0.481 e. The molecule has 2 N–H and O–H groups in total. The molecule has 0 bridgehead atoms. The van der Waals surface area contributed by atoms with E-state index < -0.39 is 11.9 Å². The van der Waals surface area contributed by atoms with E-state index in [0.29, 0.717) is 18.4 Å². The van der Waals surface area contributed by atoms with Crippen LogP contribution in [0.5, 0.6) is 0 Å². The molecule has 0 aromatic carbocycles. The summed E-state index contributed by atoms with van der Waals surface area (Å²) < 4.78 is 4.59. The van der Waals surface area contributed by atoms with E-state index in [2.05, 4.69) is 9.72 Å². The number of carboxylic acids is 1. The SMILES string of the molecule is COC(=O)c1c[nH]cc1CCCC(=O)O. The Kier molecular flexibility index (Phi) is 3.91. The smallest absolute Gasteiger partial charge is 0.339 e. The highest BCUT2D eigenvalue weighted by molar-refractivity contribution is 5.90. The number of aryl methyl sites for hydroxylation is 1. The molecular weight excluding hydrogens is 198 g/mol. The van der Waals surface area contributed by atoms with Crippen molar-refractivity contribution in [3.05, 3.63) is 23.5 Å². The van der Waals surface area contributed by atoms with Gasteiger partial charge < -0.3 is 14.8 Å². The first-order valence-electron chi connectivity index (χ1n) is 4.61. The van der Waals surface area contributed by atoms with E-state index >= 15 is 0 Å². The van der Waals surface area contributed by atoms with Crippen molar-refractivity contribution >= 4 is 11.9 Å². The molecule has 0 radical (unpaired) electrons. The molecule has 0 unspecified atom stereocenters. The monoisotopic (exact) mass is 211 g/mol. The van der Waals surface area contributed by atoms with Crippen molar-refractivity contribution in [2.45, 2.75) is 19.3 Å². The number of H-pyrrole nitrogens is 1. The zero-order valence-electron chi connectivity index (χ0n) is 8.45. The Morgan fingerprint density at radius 1 is 1.47 bits per heavy atom. The Morgan fingerprint density at radius 3 is 2.80 bits per heavy atom. The van der Waals surface area contributed by atoms with Gasteiger partial charge in [0.15, 0.2) is 0 Å². The van der Waals surface area contributed by atoms with E-state index in [0.717, 1.165) is 5.56 Å². The summed E-state index contributed by atoms with van der Waals surface area (Å²) in [5.74, 6) is -1.23. The lowest BCUT2D eigenvalue weighted by atomic mass is 10.1. The van der Waals surface area contributed by atoms with E-state index in [1.54, 1.807) is 12.4 Å². The number of aliphatic carboxylic acids is 1. The van der Waals surface area contributed by atoms with Gasteiger partial charge in [0.1, 0.15) is 0 Å². The third kappa shape index (κ3) is 3.12. The van der Waals surface area contributed by atoms with E-state index in [9.17, 15) is 9.59 Å². The normalized spacial score (nSPS) is 9.93. The Morgan fingerprint density at radius 2 is 2.20 bits per heavy atom. The van der Waals surface area contributed by atoms with Crippen LogP contribution in [0, 0.1) is 0 Å². The highest BCUT2D eigenvalue weighted by atomic mass is 16.5. The van der Waals surface area contributed by atoms with E-state index in [1.165, 1.54) is 7.11 Å². The molecule has 1 aromatic heterocycles. The van der Waals surface area contributed by atoms with Crippen molar-refractivity contribution in [3.63, 3.8) is 0 Å². The lowest BCUT2D eigenvalue weighted by Crippen LogP contribution is -2.03. The highest BCUT2D eigenvalue weighted by Crippen LogP contribution is 2.12. The van der Waals surface area contributed by atoms with E-state index in [1.807, 2.05) is 0 Å². The molecule has 0 atom stereocenters. The van der Waals surface area contributed by atoms with Gasteiger partial charge in [-0.05, 0) is 18.4 Å². The van der Waals surface area contributed by atoms with Crippen LogP contribution in [0.25, 0.3) is 0 Å². The summed E-state index contributed by atoms with van der Waals surface area (Å²) in [6, 6.07) is 0. The summed E-state index contributed by atoms with van der Waals surface area (Å²) >= 11 is 0. The fraction of sp³-hybridized carbons (Fsp3) is 0.400. The average molecular weight is 211 g/mol. The first-order valence-corrected chi connectivity index (χ1v) is 4.61. The van der Waals surface area contributed by atoms with E-state index in [4.69, 9.17) is 5.11 Å². The molecule has 0 fully saturated rings. The van der Waals surface area contributed by atoms with Gasteiger partial charge in [-0.2, -0.15) is 0 Å². The first kappa shape index (κ1) is 11.3. The van der Waals surface area contributed by atoms with Gasteiger partial charge in [0.25, 0.3) is 0 Å². The number of rotatable bonds is 5. The van der Waals surface area contributed by atoms with Crippen molar-refractivity contribution in [2.75, 3.05) is 7.11 Å². The van der Waals surface area contributed by atoms with Crippen LogP contribution in [-0.4, -0.2) is 29.1 Å². The minimum absolute atomic E-state index is 0.103. The Balaban J connectivity index is 2.57. The van der Waals surface area contributed by atoms with Gasteiger partial charge in [-0.15, -0.1) is 0 Å². The number of hydrogen-bond acceptors (Lipinski definition) is 3. The van der Waals surface area contributed by atoms with Crippen LogP contribution in [-0.2, 0) is 16.0 Å². The van der Waals surface area contributed by atoms with Crippen molar-refractivity contribution in [3.8, 4) is 0 Å². The number of ether oxygens (including phenoxy) is 1. The van der Waals surface area contributed by atoms with E-state index in [-0.39, 0.29) is 6.42 Å². The molecule has 0 aliphatic carbocycles. The fourth-order valence-electron chi connectivity index (χ4n) is 1.33. The maximum absolute atomic E-state index is 11.2. The maximum Gasteiger partial charge on any atom is 0.339 e. The second-order valence-corrected chi connectivity index (χ2v) is 3.13. The highest BCUT2D eigenvalue weighted by Gasteiger charge is 2.12. The Labute approximate surface area is 87.1 Å². The summed E-state index contributed by atoms with van der Waals surface area (Å²) in [6.07, 6.45) is 4.42. The predicted octanol–water partition coefficient (Wildman–Crippen LogP) is 1.21. The summed E-state index contributed by atoms with van der Waals surface area (Å²) in [6.45, 7) is 0. The lowest BCUT2D eigenvalue weighted by Gasteiger charge is -2.00. The molecule has 1 aromatic rings. The second-order valence-electron chi connectivity index (χ2n) is 3.13. The zero-order valence-corrected chi connectivity index (χ0v) is 8.45. The first-order chi connectivity index (χ1) is 7.15. The van der Waals surface area contributed by atoms with Crippen LogP contribution in [0.1, 0.15) is 28.8 Å². The third-order valence-corrected chi connectivity index (χ3v) is 2.07. The molecule has 0 saturated heterocycles. The number of carboxylic acid groups (broad SMARTS) is 1. The van der Waals surface area contributed by atoms with Crippen molar-refractivity contribution in [1.29, 1.82) is 0 Å². The molecule has 15 heavy (non-hydrogen) atoms. The van der Waals surface area contributed by atoms with Gasteiger partial charge >= 0.3 is 11.9 Å². The minimum atomic E-state index is -0.829. The number of aromatic amines is 1. The predicted molar refractivity (Wildman–Crippen MR) is 52.7 cm³/mol. The van der Waals surface area contributed by atoms with Crippen molar-refractivity contribution in [2.24, 2.45) is 0 Å². The zero-order chi connectivity index (χ0) is 11.3. The number of esters is 1. The molecule has 0 saturated carbocycles. The van der Waals surface area contributed by atoms with Gasteiger partial charge in [-0.3, -0.25) is 4.79 Å². The van der Waals surface area contributed by atoms with Gasteiger partial charge in [0, 0.05) is 18.8 Å². The number of aromatic nitrogens is 1. The Bertz CT molecular complexity index is 356. The number of nitrogens with one attached hydrogen (secondary N) is 1. The maximum atomic E-state index is 11.2. The summed E-state index contributed by atoms with van der Waals surface area (Å²) in [5, 5.41) is 8.47. The number of hydrogen-bond donors (Lipinski definition) is 2. The van der Waals surface area contributed by atoms with Crippen LogP contribution in [0.3, 0.4) is 0 Å². The summed E-state index contributed by atoms with van der Waals surface area (Å²) in [7, 11) is 1.32. The van der Waals surface area contributed by atoms with Crippen LogP contribution in [0.4, 0.5) is 0 Å². The topological polar surface area (TPSA) is 79.4 Å². The quantitative estimate of drug-likeness (QED) is 0.717. The standard InChI is InChI=1S/C10H13NO4/c1-15-10(14)8-6-11-5-7(8)3-2-4-9(12)13/h5-6,11H,2-4H2,1H3,(H,12,13). The molecule has 5 nitrogen and oxygen atoms in total. The van der Waals surface area contributed by atoms with Gasteiger partial charge in [-0.25, -0.2) is 4.79 Å². The van der Waals surface area contributed by atoms with Crippen LogP contribution in [0.2, 0.25) is 0 Å². The molecule has 0 aliphatic rings. The third-order valence-electron chi connectivity index (χ3n) is 2.07. The molecule has 0 aliphatic heterocycles. The van der Waals surface area contributed by atoms with Crippen molar-refractivity contribution in [1.82, 2.24) is 4.98 Å². The molecule has 1 heterocycles. The molecule has 5 heteroatoms. The van der Waals surface area contributed by atoms with Crippen LogP contribution in [0.15, 0.2) is 12.4 Å². The molecule has 1 rings (SSSR count). The average Bonchev–Trinajstić information content (AvgIpc) is 2.64. The molecule has 82 valence electrons. The summed E-state index contributed by atoms with van der Waals surface area (Å²) in [4.78, 5) is 24.3. The number of carbonyl (C=O) groups is 2. The Hall–Kier alpha value is -1.78. The number of methoxy groups -OCH3 is 1. The molecule has 0 spiro atoms. The van der Waals surface area contributed by atoms with Crippen molar-refractivity contribution < 1.29 is 19.4 Å². The fourth-order valence-corrected chi connectivity index (χ4v) is 1.33. The van der Waals surface area contributed by atoms with Gasteiger partial charge in [0.05, 0.1) is 12.7 Å². The minimum Gasteiger partial charge on any atom is -0.481 e. The van der Waals surface area contributed by atoms with Gasteiger partial charge in [0.2, 0.25) is 0 Å². The lowest BCUT2D eigenvalue weighted by molar-refractivity contribution is -0.137. The molecule has 0 amide bonds.